The van der Waals surface area contributed by atoms with E-state index >= 15 is 0 Å². The highest BCUT2D eigenvalue weighted by Crippen LogP contribution is 2.23. The van der Waals surface area contributed by atoms with Crippen LogP contribution in [-0.2, 0) is 9.53 Å². The van der Waals surface area contributed by atoms with E-state index < -0.39 is 0 Å². The molecular weight excluding hydrogens is 264 g/mol. The number of hydrogen-bond donors (Lipinski definition) is 1. The van der Waals surface area contributed by atoms with Gasteiger partial charge in [-0.3, -0.25) is 9.69 Å². The Hall–Kier alpha value is -1.39. The third-order valence-electron chi connectivity index (χ3n) is 4.18. The van der Waals surface area contributed by atoms with Gasteiger partial charge in [0.25, 0.3) is 0 Å². The Labute approximate surface area is 127 Å². The predicted octanol–water partition coefficient (Wildman–Crippen LogP) is 2.15. The molecule has 2 N–H and O–H groups in total. The summed E-state index contributed by atoms with van der Waals surface area (Å²) in [5, 5.41) is 0. The van der Waals surface area contributed by atoms with Crippen LogP contribution in [0.5, 0.6) is 0 Å². The minimum atomic E-state index is -0.100. The molecule has 0 radical (unpaired) electrons. The monoisotopic (exact) mass is 290 g/mol. The molecule has 0 aromatic heterocycles. The zero-order valence-corrected chi connectivity index (χ0v) is 12.8. The summed E-state index contributed by atoms with van der Waals surface area (Å²) in [7, 11) is 0. The van der Waals surface area contributed by atoms with Gasteiger partial charge in [-0.1, -0.05) is 36.8 Å². The Bertz CT molecular complexity index is 436. The van der Waals surface area contributed by atoms with Crippen molar-refractivity contribution in [2.24, 2.45) is 5.73 Å². The number of hydrogen-bond acceptors (Lipinski definition) is 4. The van der Waals surface area contributed by atoms with Gasteiger partial charge in [-0.2, -0.15) is 0 Å². The van der Waals surface area contributed by atoms with Gasteiger partial charge < -0.3 is 10.5 Å². The lowest BCUT2D eigenvalue weighted by atomic mass is 9.95. The smallest absolute Gasteiger partial charge is 0.323 e. The van der Waals surface area contributed by atoms with Crippen LogP contribution >= 0.6 is 0 Å². The fourth-order valence-corrected chi connectivity index (χ4v) is 3.04. The number of rotatable bonds is 6. The Morgan fingerprint density at radius 1 is 1.38 bits per heavy atom. The highest BCUT2D eigenvalue weighted by molar-refractivity contribution is 5.75. The number of nitrogens with two attached hydrogens (primary N) is 1. The molecule has 0 saturated carbocycles. The van der Waals surface area contributed by atoms with Gasteiger partial charge >= 0.3 is 5.97 Å². The summed E-state index contributed by atoms with van der Waals surface area (Å²) < 4.78 is 5.22. The SMILES string of the molecule is CCOC(=O)C1CCCCN1CC(CN)c1ccccc1. The number of ether oxygens (including phenoxy) is 1. The molecule has 0 aliphatic carbocycles. The van der Waals surface area contributed by atoms with Crippen LogP contribution in [0, 0.1) is 0 Å². The van der Waals surface area contributed by atoms with Crippen molar-refractivity contribution in [2.45, 2.75) is 38.1 Å². The lowest BCUT2D eigenvalue weighted by molar-refractivity contribution is -0.151. The van der Waals surface area contributed by atoms with Crippen molar-refractivity contribution in [1.29, 1.82) is 0 Å². The first kappa shape index (κ1) is 16.0. The molecule has 1 fully saturated rings. The van der Waals surface area contributed by atoms with E-state index in [1.165, 1.54) is 5.56 Å². The fourth-order valence-electron chi connectivity index (χ4n) is 3.04. The Kier molecular flexibility index (Phi) is 6.21. The topological polar surface area (TPSA) is 55.6 Å². The second-order valence-electron chi connectivity index (χ2n) is 5.60. The molecule has 1 saturated heterocycles. The van der Waals surface area contributed by atoms with Crippen LogP contribution in [0.25, 0.3) is 0 Å². The van der Waals surface area contributed by atoms with Gasteiger partial charge in [-0.15, -0.1) is 0 Å². The van der Waals surface area contributed by atoms with Gasteiger partial charge in [0.1, 0.15) is 6.04 Å². The van der Waals surface area contributed by atoms with Crippen molar-refractivity contribution in [1.82, 2.24) is 4.90 Å². The van der Waals surface area contributed by atoms with Gasteiger partial charge in [0.2, 0.25) is 0 Å². The second-order valence-corrected chi connectivity index (χ2v) is 5.60. The number of piperidine rings is 1. The first-order chi connectivity index (χ1) is 10.3. The maximum Gasteiger partial charge on any atom is 0.323 e. The van der Waals surface area contributed by atoms with Crippen LogP contribution in [0.2, 0.25) is 0 Å². The third-order valence-corrected chi connectivity index (χ3v) is 4.18. The summed E-state index contributed by atoms with van der Waals surface area (Å²) in [5.41, 5.74) is 7.20. The Morgan fingerprint density at radius 3 is 2.81 bits per heavy atom. The van der Waals surface area contributed by atoms with E-state index in [1.807, 2.05) is 25.1 Å². The van der Waals surface area contributed by atoms with Crippen LogP contribution in [0.3, 0.4) is 0 Å². The summed E-state index contributed by atoms with van der Waals surface area (Å²) in [6, 6.07) is 10.2. The molecule has 2 atom stereocenters. The van der Waals surface area contributed by atoms with E-state index in [4.69, 9.17) is 10.5 Å². The molecule has 1 heterocycles. The van der Waals surface area contributed by atoms with Crippen LogP contribution in [-0.4, -0.2) is 43.2 Å². The zero-order valence-electron chi connectivity index (χ0n) is 12.8. The molecule has 4 heteroatoms. The normalized spacial score (nSPS) is 21.0. The number of esters is 1. The van der Waals surface area contributed by atoms with Gasteiger partial charge in [0, 0.05) is 19.0 Å². The first-order valence-electron chi connectivity index (χ1n) is 7.92. The van der Waals surface area contributed by atoms with Crippen LogP contribution in [0.1, 0.15) is 37.7 Å². The second kappa shape index (κ2) is 8.15. The largest absolute Gasteiger partial charge is 0.465 e. The van der Waals surface area contributed by atoms with Gasteiger partial charge in [-0.05, 0) is 31.9 Å². The van der Waals surface area contributed by atoms with Gasteiger partial charge in [0.05, 0.1) is 6.61 Å². The van der Waals surface area contributed by atoms with Crippen LogP contribution < -0.4 is 5.73 Å². The van der Waals surface area contributed by atoms with Gasteiger partial charge in [0.15, 0.2) is 0 Å². The van der Waals surface area contributed by atoms with Crippen molar-refractivity contribution in [3.8, 4) is 0 Å². The Morgan fingerprint density at radius 2 is 2.14 bits per heavy atom. The quantitative estimate of drug-likeness (QED) is 0.816. The van der Waals surface area contributed by atoms with E-state index in [9.17, 15) is 4.79 Å². The van der Waals surface area contributed by atoms with E-state index in [-0.39, 0.29) is 17.9 Å². The highest BCUT2D eigenvalue weighted by Gasteiger charge is 2.31. The van der Waals surface area contributed by atoms with Crippen molar-refractivity contribution < 1.29 is 9.53 Å². The minimum absolute atomic E-state index is 0.0824. The number of carbonyl (C=O) groups is 1. The molecule has 21 heavy (non-hydrogen) atoms. The molecular formula is C17H26N2O2. The maximum absolute atomic E-state index is 12.1. The molecule has 0 spiro atoms. The number of carbonyl (C=O) groups excluding carboxylic acids is 1. The van der Waals surface area contributed by atoms with Crippen LogP contribution in [0.4, 0.5) is 0 Å². The summed E-state index contributed by atoms with van der Waals surface area (Å²) in [6.45, 7) is 4.67. The molecule has 2 rings (SSSR count). The maximum atomic E-state index is 12.1. The fraction of sp³-hybridized carbons (Fsp3) is 0.588. The van der Waals surface area contributed by atoms with E-state index in [0.29, 0.717) is 13.2 Å². The van der Waals surface area contributed by atoms with Crippen molar-refractivity contribution >= 4 is 5.97 Å². The minimum Gasteiger partial charge on any atom is -0.465 e. The zero-order chi connectivity index (χ0) is 15.1. The first-order valence-corrected chi connectivity index (χ1v) is 7.92. The summed E-state index contributed by atoms with van der Waals surface area (Å²) in [6.07, 6.45) is 3.13. The van der Waals surface area contributed by atoms with E-state index in [1.54, 1.807) is 0 Å². The third kappa shape index (κ3) is 4.29. The molecule has 1 aromatic rings. The molecule has 4 nitrogen and oxygen atoms in total. The molecule has 2 unspecified atom stereocenters. The van der Waals surface area contributed by atoms with Gasteiger partial charge in [-0.25, -0.2) is 0 Å². The average molecular weight is 290 g/mol. The molecule has 1 aliphatic heterocycles. The predicted molar refractivity (Wildman–Crippen MR) is 84.1 cm³/mol. The summed E-state index contributed by atoms with van der Waals surface area (Å²) >= 11 is 0. The number of likely N-dealkylation sites (tertiary alicyclic amines) is 1. The molecule has 0 bridgehead atoms. The standard InChI is InChI=1S/C17H26N2O2/c1-2-21-17(20)16-10-6-7-11-19(16)13-15(12-18)14-8-4-3-5-9-14/h3-5,8-9,15-16H,2,6-7,10-13,18H2,1H3. The van der Waals surface area contributed by atoms with Crippen molar-refractivity contribution in [2.75, 3.05) is 26.2 Å². The highest BCUT2D eigenvalue weighted by atomic mass is 16.5. The summed E-state index contributed by atoms with van der Waals surface area (Å²) in [5.74, 6) is 0.183. The van der Waals surface area contributed by atoms with Crippen molar-refractivity contribution in [3.63, 3.8) is 0 Å². The Balaban J connectivity index is 2.05. The van der Waals surface area contributed by atoms with E-state index in [2.05, 4.69) is 17.0 Å². The van der Waals surface area contributed by atoms with Crippen LogP contribution in [0.15, 0.2) is 30.3 Å². The lowest BCUT2D eigenvalue weighted by Gasteiger charge is -2.36. The van der Waals surface area contributed by atoms with Crippen molar-refractivity contribution in [3.05, 3.63) is 35.9 Å². The molecule has 116 valence electrons. The molecule has 1 aromatic carbocycles. The molecule has 1 aliphatic rings. The lowest BCUT2D eigenvalue weighted by Crippen LogP contribution is -2.47. The number of benzene rings is 1. The number of nitrogens with zero attached hydrogens (tertiary/aromatic N) is 1. The molecule has 0 amide bonds. The van der Waals surface area contributed by atoms with E-state index in [0.717, 1.165) is 32.4 Å². The summed E-state index contributed by atoms with van der Waals surface area (Å²) in [4.78, 5) is 14.4. The average Bonchev–Trinajstić information content (AvgIpc) is 2.54.